The summed E-state index contributed by atoms with van der Waals surface area (Å²) in [5.41, 5.74) is -0.265. The Labute approximate surface area is 91.6 Å². The molecule has 0 bridgehead atoms. The standard InChI is InChI=1S/C11H12F2O3/c12-11(13,7-14)8-2-3-9-10(6-8)16-5-1-4-15-9/h2-3,6,14H,1,4-5,7H2. The molecule has 1 aliphatic heterocycles. The number of halogens is 2. The molecule has 0 aromatic heterocycles. The topological polar surface area (TPSA) is 38.7 Å². The van der Waals surface area contributed by atoms with Gasteiger partial charge < -0.3 is 14.6 Å². The van der Waals surface area contributed by atoms with Gasteiger partial charge in [0.05, 0.1) is 13.2 Å². The number of rotatable bonds is 2. The predicted octanol–water partition coefficient (Wildman–Crippen LogP) is 1.93. The second kappa shape index (κ2) is 4.25. The van der Waals surface area contributed by atoms with Gasteiger partial charge in [-0.15, -0.1) is 0 Å². The average molecular weight is 230 g/mol. The lowest BCUT2D eigenvalue weighted by Crippen LogP contribution is -2.18. The molecule has 1 aromatic rings. The molecule has 16 heavy (non-hydrogen) atoms. The Bertz CT molecular complexity index is 379. The molecule has 0 saturated heterocycles. The van der Waals surface area contributed by atoms with Gasteiger partial charge >= 0.3 is 0 Å². The van der Waals surface area contributed by atoms with Gasteiger partial charge in [-0.05, 0) is 18.2 Å². The van der Waals surface area contributed by atoms with Crippen molar-refractivity contribution in [2.24, 2.45) is 0 Å². The van der Waals surface area contributed by atoms with Crippen LogP contribution in [0.2, 0.25) is 0 Å². The first-order valence-corrected chi connectivity index (χ1v) is 5.02. The minimum Gasteiger partial charge on any atom is -0.490 e. The van der Waals surface area contributed by atoms with E-state index < -0.39 is 12.5 Å². The smallest absolute Gasteiger partial charge is 0.295 e. The van der Waals surface area contributed by atoms with Crippen LogP contribution in [0.5, 0.6) is 11.5 Å². The zero-order valence-corrected chi connectivity index (χ0v) is 8.58. The zero-order chi connectivity index (χ0) is 11.6. The number of aliphatic hydroxyl groups excluding tert-OH is 1. The molecule has 0 aliphatic carbocycles. The maximum absolute atomic E-state index is 13.2. The summed E-state index contributed by atoms with van der Waals surface area (Å²) in [6.45, 7) is -0.253. The van der Waals surface area contributed by atoms with E-state index in [4.69, 9.17) is 14.6 Å². The summed E-state index contributed by atoms with van der Waals surface area (Å²) in [6.07, 6.45) is 0.723. The Kier molecular flexibility index (Phi) is 2.96. The normalized spacial score (nSPS) is 15.7. The van der Waals surface area contributed by atoms with E-state index in [0.29, 0.717) is 24.7 Å². The third-order valence-corrected chi connectivity index (χ3v) is 2.37. The summed E-state index contributed by atoms with van der Waals surface area (Å²) in [5.74, 6) is -2.47. The van der Waals surface area contributed by atoms with Gasteiger partial charge in [0.15, 0.2) is 11.5 Å². The SMILES string of the molecule is OCC(F)(F)c1ccc2c(c1)OCCCO2. The molecule has 0 amide bonds. The molecular formula is C11H12F2O3. The Morgan fingerprint density at radius 1 is 1.19 bits per heavy atom. The van der Waals surface area contributed by atoms with Crippen LogP contribution in [0.15, 0.2) is 18.2 Å². The van der Waals surface area contributed by atoms with Gasteiger partial charge in [-0.1, -0.05) is 0 Å². The minimum atomic E-state index is -3.25. The van der Waals surface area contributed by atoms with E-state index in [2.05, 4.69) is 0 Å². The van der Waals surface area contributed by atoms with Crippen LogP contribution in [-0.2, 0) is 5.92 Å². The predicted molar refractivity (Wildman–Crippen MR) is 53.0 cm³/mol. The number of fused-ring (bicyclic) bond motifs is 1. The highest BCUT2D eigenvalue weighted by Gasteiger charge is 2.31. The Hall–Kier alpha value is -1.36. The number of aliphatic hydroxyl groups is 1. The molecule has 3 nitrogen and oxygen atoms in total. The van der Waals surface area contributed by atoms with E-state index >= 15 is 0 Å². The lowest BCUT2D eigenvalue weighted by atomic mass is 10.1. The van der Waals surface area contributed by atoms with E-state index in [0.717, 1.165) is 6.42 Å². The zero-order valence-electron chi connectivity index (χ0n) is 8.58. The van der Waals surface area contributed by atoms with E-state index in [1.165, 1.54) is 18.2 Å². The molecule has 1 N–H and O–H groups in total. The fraction of sp³-hybridized carbons (Fsp3) is 0.455. The first-order chi connectivity index (χ1) is 7.63. The Balaban J connectivity index is 2.34. The summed E-state index contributed by atoms with van der Waals surface area (Å²) in [4.78, 5) is 0. The number of hydrogen-bond donors (Lipinski definition) is 1. The van der Waals surface area contributed by atoms with Gasteiger partial charge in [0, 0.05) is 12.0 Å². The fourth-order valence-electron chi connectivity index (χ4n) is 1.48. The van der Waals surface area contributed by atoms with E-state index in [1.54, 1.807) is 0 Å². The van der Waals surface area contributed by atoms with Crippen LogP contribution >= 0.6 is 0 Å². The lowest BCUT2D eigenvalue weighted by molar-refractivity contribution is -0.0557. The number of ether oxygens (including phenoxy) is 2. The molecule has 1 heterocycles. The summed E-state index contributed by atoms with van der Waals surface area (Å²) in [7, 11) is 0. The van der Waals surface area contributed by atoms with Crippen LogP contribution in [-0.4, -0.2) is 24.9 Å². The van der Waals surface area contributed by atoms with Crippen LogP contribution in [0.3, 0.4) is 0 Å². The third-order valence-electron chi connectivity index (χ3n) is 2.37. The molecule has 1 aromatic carbocycles. The number of hydrogen-bond acceptors (Lipinski definition) is 3. The quantitative estimate of drug-likeness (QED) is 0.843. The van der Waals surface area contributed by atoms with Crippen molar-refractivity contribution in [1.82, 2.24) is 0 Å². The number of alkyl halides is 2. The summed E-state index contributed by atoms with van der Waals surface area (Å²) in [5, 5.41) is 8.59. The van der Waals surface area contributed by atoms with Crippen LogP contribution in [0.4, 0.5) is 8.78 Å². The van der Waals surface area contributed by atoms with E-state index in [9.17, 15) is 8.78 Å². The largest absolute Gasteiger partial charge is 0.490 e. The second-order valence-electron chi connectivity index (χ2n) is 3.57. The van der Waals surface area contributed by atoms with Crippen LogP contribution < -0.4 is 9.47 Å². The third kappa shape index (κ3) is 2.09. The molecule has 0 spiro atoms. The maximum Gasteiger partial charge on any atom is 0.295 e. The molecular weight excluding hydrogens is 218 g/mol. The fourth-order valence-corrected chi connectivity index (χ4v) is 1.48. The monoisotopic (exact) mass is 230 g/mol. The highest BCUT2D eigenvalue weighted by atomic mass is 19.3. The molecule has 0 fully saturated rings. The van der Waals surface area contributed by atoms with Gasteiger partial charge in [-0.3, -0.25) is 0 Å². The summed E-state index contributed by atoms with van der Waals surface area (Å²) in [6, 6.07) is 3.90. The minimum absolute atomic E-state index is 0.265. The summed E-state index contributed by atoms with van der Waals surface area (Å²) < 4.78 is 37.0. The molecule has 0 radical (unpaired) electrons. The summed E-state index contributed by atoms with van der Waals surface area (Å²) >= 11 is 0. The van der Waals surface area contributed by atoms with Crippen molar-refractivity contribution in [3.05, 3.63) is 23.8 Å². The molecule has 5 heteroatoms. The average Bonchev–Trinajstić information content (AvgIpc) is 2.53. The highest BCUT2D eigenvalue weighted by Crippen LogP contribution is 2.36. The van der Waals surface area contributed by atoms with E-state index in [-0.39, 0.29) is 5.56 Å². The van der Waals surface area contributed by atoms with Gasteiger partial charge in [-0.25, -0.2) is 0 Å². The van der Waals surface area contributed by atoms with Crippen LogP contribution in [0.1, 0.15) is 12.0 Å². The Morgan fingerprint density at radius 2 is 1.88 bits per heavy atom. The van der Waals surface area contributed by atoms with Gasteiger partial charge in [0.2, 0.25) is 0 Å². The van der Waals surface area contributed by atoms with Crippen LogP contribution in [0.25, 0.3) is 0 Å². The highest BCUT2D eigenvalue weighted by molar-refractivity contribution is 5.44. The molecule has 1 aliphatic rings. The van der Waals surface area contributed by atoms with E-state index in [1.807, 2.05) is 0 Å². The Morgan fingerprint density at radius 3 is 2.56 bits per heavy atom. The number of benzene rings is 1. The molecule has 0 atom stereocenters. The molecule has 0 unspecified atom stereocenters. The van der Waals surface area contributed by atoms with Gasteiger partial charge in [0.25, 0.3) is 5.92 Å². The van der Waals surface area contributed by atoms with Crippen molar-refractivity contribution in [3.8, 4) is 11.5 Å². The lowest BCUT2D eigenvalue weighted by Gasteiger charge is -2.15. The second-order valence-corrected chi connectivity index (χ2v) is 3.57. The van der Waals surface area contributed by atoms with Crippen molar-refractivity contribution in [1.29, 1.82) is 0 Å². The van der Waals surface area contributed by atoms with Crippen molar-refractivity contribution in [2.45, 2.75) is 12.3 Å². The first-order valence-electron chi connectivity index (χ1n) is 5.02. The molecule has 88 valence electrons. The van der Waals surface area contributed by atoms with Crippen molar-refractivity contribution in [3.63, 3.8) is 0 Å². The molecule has 0 saturated carbocycles. The molecule has 2 rings (SSSR count). The van der Waals surface area contributed by atoms with Crippen molar-refractivity contribution in [2.75, 3.05) is 19.8 Å². The van der Waals surface area contributed by atoms with Crippen LogP contribution in [0, 0.1) is 0 Å². The maximum atomic E-state index is 13.2. The van der Waals surface area contributed by atoms with Crippen molar-refractivity contribution < 1.29 is 23.4 Å². The van der Waals surface area contributed by atoms with Gasteiger partial charge in [-0.2, -0.15) is 8.78 Å². The van der Waals surface area contributed by atoms with Gasteiger partial charge in [0.1, 0.15) is 6.61 Å². The van der Waals surface area contributed by atoms with Crippen molar-refractivity contribution >= 4 is 0 Å². The first kappa shape index (κ1) is 11.1.